The molecule has 0 N–H and O–H groups in total. The molecule has 26 heavy (non-hydrogen) atoms. The summed E-state index contributed by atoms with van der Waals surface area (Å²) in [6, 6.07) is 6.46. The van der Waals surface area contributed by atoms with Crippen LogP contribution >= 0.6 is 23.1 Å². The van der Waals surface area contributed by atoms with E-state index < -0.39 is 0 Å². The second-order valence-corrected chi connectivity index (χ2v) is 8.42. The number of esters is 1. The van der Waals surface area contributed by atoms with Crippen molar-refractivity contribution in [2.75, 3.05) is 6.61 Å². The van der Waals surface area contributed by atoms with Crippen molar-refractivity contribution in [3.05, 3.63) is 41.0 Å². The first-order chi connectivity index (χ1) is 12.5. The third-order valence-corrected chi connectivity index (χ3v) is 6.19. The van der Waals surface area contributed by atoms with Crippen molar-refractivity contribution in [1.82, 2.24) is 9.97 Å². The molecule has 0 radical (unpaired) electrons. The van der Waals surface area contributed by atoms with Crippen LogP contribution in [0.2, 0.25) is 0 Å². The van der Waals surface area contributed by atoms with Crippen molar-refractivity contribution in [2.24, 2.45) is 0 Å². The van der Waals surface area contributed by atoms with Gasteiger partial charge >= 0.3 is 5.97 Å². The highest BCUT2D eigenvalue weighted by molar-refractivity contribution is 8.00. The average molecular weight is 387 g/mol. The van der Waals surface area contributed by atoms with E-state index in [2.05, 4.69) is 47.4 Å². The van der Waals surface area contributed by atoms with Crippen LogP contribution in [-0.4, -0.2) is 27.8 Å². The van der Waals surface area contributed by atoms with Crippen LogP contribution in [0.5, 0.6) is 0 Å². The standard InChI is InChI=1S/C20H22N2O2S2/c1-5-8-24-20(23)14(4)26-19-17-16(10-25-18(17)21-11-22-19)15-7-6-12(2)13(3)9-15/h6-7,9-11,14H,5,8H2,1-4H3/t14-/m0/s1. The third kappa shape index (κ3) is 3.91. The van der Waals surface area contributed by atoms with Crippen molar-refractivity contribution in [1.29, 1.82) is 0 Å². The molecule has 0 fully saturated rings. The van der Waals surface area contributed by atoms with E-state index in [1.54, 1.807) is 17.7 Å². The van der Waals surface area contributed by atoms with E-state index in [1.807, 2.05) is 13.8 Å². The van der Waals surface area contributed by atoms with Crippen LogP contribution in [0.15, 0.2) is 34.9 Å². The molecule has 2 heterocycles. The molecule has 4 nitrogen and oxygen atoms in total. The van der Waals surface area contributed by atoms with Gasteiger partial charge in [0.15, 0.2) is 0 Å². The second-order valence-electron chi connectivity index (χ2n) is 6.23. The molecule has 0 bridgehead atoms. The molecule has 136 valence electrons. The fraction of sp³-hybridized carbons (Fsp3) is 0.350. The Morgan fingerprint density at radius 2 is 2.08 bits per heavy atom. The van der Waals surface area contributed by atoms with Gasteiger partial charge in [-0.15, -0.1) is 11.3 Å². The van der Waals surface area contributed by atoms with Gasteiger partial charge in [-0.2, -0.15) is 0 Å². The topological polar surface area (TPSA) is 52.1 Å². The van der Waals surface area contributed by atoms with Gasteiger partial charge in [-0.05, 0) is 43.9 Å². The number of carbonyl (C=O) groups is 1. The fourth-order valence-corrected chi connectivity index (χ4v) is 4.51. The minimum Gasteiger partial charge on any atom is -0.465 e. The van der Waals surface area contributed by atoms with Gasteiger partial charge in [0.1, 0.15) is 21.4 Å². The first-order valence-corrected chi connectivity index (χ1v) is 10.4. The summed E-state index contributed by atoms with van der Waals surface area (Å²) in [5, 5.41) is 3.65. The van der Waals surface area contributed by atoms with Crippen LogP contribution in [0, 0.1) is 13.8 Å². The lowest BCUT2D eigenvalue weighted by atomic mass is 10.0. The number of fused-ring (bicyclic) bond motifs is 1. The Morgan fingerprint density at radius 1 is 1.27 bits per heavy atom. The summed E-state index contributed by atoms with van der Waals surface area (Å²) in [7, 11) is 0. The summed E-state index contributed by atoms with van der Waals surface area (Å²) in [5.41, 5.74) is 4.79. The smallest absolute Gasteiger partial charge is 0.319 e. The maximum Gasteiger partial charge on any atom is 0.319 e. The number of thioether (sulfide) groups is 1. The highest BCUT2D eigenvalue weighted by Gasteiger charge is 2.20. The van der Waals surface area contributed by atoms with Crippen LogP contribution in [0.1, 0.15) is 31.4 Å². The first-order valence-electron chi connectivity index (χ1n) is 8.64. The maximum atomic E-state index is 12.1. The zero-order chi connectivity index (χ0) is 18.7. The number of ether oxygens (including phenoxy) is 1. The third-order valence-electron chi connectivity index (χ3n) is 4.22. The molecule has 0 aliphatic heterocycles. The van der Waals surface area contributed by atoms with Crippen molar-refractivity contribution in [3.8, 4) is 11.1 Å². The Balaban J connectivity index is 1.98. The summed E-state index contributed by atoms with van der Waals surface area (Å²) in [4.78, 5) is 21.9. The predicted molar refractivity (Wildman–Crippen MR) is 109 cm³/mol. The van der Waals surface area contributed by atoms with E-state index in [1.165, 1.54) is 22.9 Å². The van der Waals surface area contributed by atoms with Gasteiger partial charge in [0.25, 0.3) is 0 Å². The van der Waals surface area contributed by atoms with Gasteiger partial charge < -0.3 is 4.74 Å². The van der Waals surface area contributed by atoms with Gasteiger partial charge in [-0.1, -0.05) is 36.9 Å². The maximum absolute atomic E-state index is 12.1. The monoisotopic (exact) mass is 386 g/mol. The Hall–Kier alpha value is -1.92. The molecule has 0 saturated carbocycles. The van der Waals surface area contributed by atoms with E-state index in [-0.39, 0.29) is 11.2 Å². The van der Waals surface area contributed by atoms with Gasteiger partial charge in [0.05, 0.1) is 12.0 Å². The molecule has 0 aliphatic rings. The number of aryl methyl sites for hydroxylation is 2. The molecular weight excluding hydrogens is 364 g/mol. The first kappa shape index (κ1) is 18.9. The molecular formula is C20H22N2O2S2. The summed E-state index contributed by atoms with van der Waals surface area (Å²) >= 11 is 3.04. The van der Waals surface area contributed by atoms with Crippen molar-refractivity contribution < 1.29 is 9.53 Å². The van der Waals surface area contributed by atoms with Crippen LogP contribution < -0.4 is 0 Å². The molecule has 2 aromatic heterocycles. The summed E-state index contributed by atoms with van der Waals surface area (Å²) in [5.74, 6) is -0.202. The van der Waals surface area contributed by atoms with Crippen molar-refractivity contribution in [3.63, 3.8) is 0 Å². The minimum atomic E-state index is -0.313. The number of hydrogen-bond acceptors (Lipinski definition) is 6. The number of carbonyl (C=O) groups excluding carboxylic acids is 1. The molecule has 6 heteroatoms. The van der Waals surface area contributed by atoms with Gasteiger partial charge in [-0.3, -0.25) is 4.79 Å². The Kier molecular flexibility index (Phi) is 5.94. The molecule has 0 unspecified atom stereocenters. The van der Waals surface area contributed by atoms with Crippen LogP contribution in [0.3, 0.4) is 0 Å². The molecule has 0 amide bonds. The lowest BCUT2D eigenvalue weighted by molar-refractivity contribution is -0.142. The normalized spacial score (nSPS) is 12.3. The molecule has 3 aromatic rings. The number of aromatic nitrogens is 2. The SMILES string of the molecule is CCCOC(=O)[C@H](C)Sc1ncnc2scc(-c3ccc(C)c(C)c3)c12. The average Bonchev–Trinajstić information content (AvgIpc) is 3.07. The Bertz CT molecular complexity index is 937. The molecule has 0 aliphatic carbocycles. The van der Waals surface area contributed by atoms with Crippen LogP contribution in [-0.2, 0) is 9.53 Å². The number of hydrogen-bond donors (Lipinski definition) is 0. The number of rotatable bonds is 6. The molecule has 1 aromatic carbocycles. The van der Waals surface area contributed by atoms with E-state index in [0.717, 1.165) is 32.8 Å². The fourth-order valence-electron chi connectivity index (χ4n) is 2.59. The summed E-state index contributed by atoms with van der Waals surface area (Å²) < 4.78 is 5.26. The molecule has 0 spiro atoms. The quantitative estimate of drug-likeness (QED) is 0.322. The zero-order valence-corrected chi connectivity index (χ0v) is 17.0. The number of benzene rings is 1. The molecule has 0 saturated heterocycles. The summed E-state index contributed by atoms with van der Waals surface area (Å²) in [6.45, 7) is 8.53. The van der Waals surface area contributed by atoms with E-state index in [9.17, 15) is 4.79 Å². The Labute approximate surface area is 162 Å². The van der Waals surface area contributed by atoms with Crippen LogP contribution in [0.4, 0.5) is 0 Å². The lowest BCUT2D eigenvalue weighted by Gasteiger charge is -2.12. The molecule has 3 rings (SSSR count). The minimum absolute atomic E-state index is 0.202. The zero-order valence-electron chi connectivity index (χ0n) is 15.4. The predicted octanol–water partition coefficient (Wildman–Crippen LogP) is 5.41. The van der Waals surface area contributed by atoms with Gasteiger partial charge in [0.2, 0.25) is 0 Å². The highest BCUT2D eigenvalue weighted by Crippen LogP contribution is 2.39. The van der Waals surface area contributed by atoms with Crippen LogP contribution in [0.25, 0.3) is 21.3 Å². The number of thiophene rings is 1. The highest BCUT2D eigenvalue weighted by atomic mass is 32.2. The van der Waals surface area contributed by atoms with Crippen molar-refractivity contribution in [2.45, 2.75) is 44.4 Å². The van der Waals surface area contributed by atoms with Gasteiger partial charge in [-0.25, -0.2) is 9.97 Å². The Morgan fingerprint density at radius 3 is 2.81 bits per heavy atom. The summed E-state index contributed by atoms with van der Waals surface area (Å²) in [6.07, 6.45) is 2.39. The molecule has 1 atom stereocenters. The largest absolute Gasteiger partial charge is 0.465 e. The number of nitrogens with zero attached hydrogens (tertiary/aromatic N) is 2. The van der Waals surface area contributed by atoms with E-state index in [4.69, 9.17) is 4.74 Å². The van der Waals surface area contributed by atoms with Gasteiger partial charge in [0, 0.05) is 10.9 Å². The van der Waals surface area contributed by atoms with E-state index in [0.29, 0.717) is 6.61 Å². The van der Waals surface area contributed by atoms with Crippen molar-refractivity contribution >= 4 is 39.3 Å². The lowest BCUT2D eigenvalue weighted by Crippen LogP contribution is -2.17. The second kappa shape index (κ2) is 8.18. The van der Waals surface area contributed by atoms with E-state index >= 15 is 0 Å².